The van der Waals surface area contributed by atoms with Crippen LogP contribution in [0.3, 0.4) is 0 Å². The summed E-state index contributed by atoms with van der Waals surface area (Å²) >= 11 is 3.92. The summed E-state index contributed by atoms with van der Waals surface area (Å²) in [7, 11) is 0. The molecular formula is C19H20F2N2OS. The van der Waals surface area contributed by atoms with E-state index in [4.69, 9.17) is 0 Å². The zero-order valence-corrected chi connectivity index (χ0v) is 15.1. The Morgan fingerprint density at radius 3 is 2.16 bits per heavy atom. The fourth-order valence-corrected chi connectivity index (χ4v) is 3.46. The van der Waals surface area contributed by atoms with Crippen molar-refractivity contribution < 1.29 is 13.6 Å². The molecule has 0 atom stereocenters. The molecule has 2 aromatic rings. The Morgan fingerprint density at radius 1 is 1.00 bits per heavy atom. The van der Waals surface area contributed by atoms with Gasteiger partial charge in [0.2, 0.25) is 0 Å². The van der Waals surface area contributed by atoms with Crippen molar-refractivity contribution in [2.45, 2.75) is 18.7 Å². The average molecular weight is 362 g/mol. The van der Waals surface area contributed by atoms with Crippen molar-refractivity contribution in [3.05, 3.63) is 58.7 Å². The van der Waals surface area contributed by atoms with Gasteiger partial charge >= 0.3 is 0 Å². The maximum absolute atomic E-state index is 14.0. The van der Waals surface area contributed by atoms with Crippen LogP contribution in [0.15, 0.2) is 35.2 Å². The highest BCUT2D eigenvalue weighted by Crippen LogP contribution is 2.24. The number of anilines is 1. The van der Waals surface area contributed by atoms with Gasteiger partial charge < -0.3 is 9.80 Å². The van der Waals surface area contributed by atoms with Crippen molar-refractivity contribution in [3.8, 4) is 0 Å². The molecule has 1 aliphatic heterocycles. The van der Waals surface area contributed by atoms with Crippen LogP contribution in [0, 0.1) is 25.5 Å². The molecule has 0 saturated carbocycles. The first-order chi connectivity index (χ1) is 11.9. The highest BCUT2D eigenvalue weighted by Gasteiger charge is 2.27. The van der Waals surface area contributed by atoms with Crippen molar-refractivity contribution in [1.82, 2.24) is 4.90 Å². The van der Waals surface area contributed by atoms with Gasteiger partial charge in [-0.1, -0.05) is 17.7 Å². The van der Waals surface area contributed by atoms with Crippen LogP contribution in [0.2, 0.25) is 0 Å². The third-order valence-electron chi connectivity index (χ3n) is 4.50. The number of halogens is 2. The fourth-order valence-electron chi connectivity index (χ4n) is 3.23. The molecule has 1 amide bonds. The summed E-state index contributed by atoms with van der Waals surface area (Å²) in [6.07, 6.45) is 0. The first-order valence-electron chi connectivity index (χ1n) is 8.16. The number of carbonyl (C=O) groups excluding carboxylic acids is 1. The van der Waals surface area contributed by atoms with Crippen molar-refractivity contribution in [2.75, 3.05) is 31.1 Å². The van der Waals surface area contributed by atoms with Crippen molar-refractivity contribution in [3.63, 3.8) is 0 Å². The Hall–Kier alpha value is -2.08. The smallest absolute Gasteiger partial charge is 0.259 e. The van der Waals surface area contributed by atoms with Gasteiger partial charge in [-0.2, -0.15) is 0 Å². The second-order valence-corrected chi connectivity index (χ2v) is 6.87. The molecule has 1 aliphatic rings. The second kappa shape index (κ2) is 7.04. The Labute approximate surface area is 151 Å². The summed E-state index contributed by atoms with van der Waals surface area (Å²) in [6.45, 7) is 6.21. The molecule has 0 aromatic heterocycles. The predicted octanol–water partition coefficient (Wildman–Crippen LogP) is 3.83. The third-order valence-corrected chi connectivity index (χ3v) is 4.76. The molecule has 132 valence electrons. The predicted molar refractivity (Wildman–Crippen MR) is 97.6 cm³/mol. The summed E-state index contributed by atoms with van der Waals surface area (Å²) in [4.78, 5) is 16.4. The van der Waals surface area contributed by atoms with Crippen molar-refractivity contribution in [2.24, 2.45) is 0 Å². The molecular weight excluding hydrogens is 342 g/mol. The van der Waals surface area contributed by atoms with Crippen LogP contribution < -0.4 is 4.90 Å². The van der Waals surface area contributed by atoms with E-state index < -0.39 is 23.1 Å². The topological polar surface area (TPSA) is 23.6 Å². The van der Waals surface area contributed by atoms with Crippen LogP contribution in [0.4, 0.5) is 14.5 Å². The van der Waals surface area contributed by atoms with E-state index in [0.29, 0.717) is 26.2 Å². The summed E-state index contributed by atoms with van der Waals surface area (Å²) < 4.78 is 28.0. The van der Waals surface area contributed by atoms with Crippen LogP contribution in [-0.2, 0) is 0 Å². The highest BCUT2D eigenvalue weighted by atomic mass is 32.1. The quantitative estimate of drug-likeness (QED) is 0.821. The zero-order chi connectivity index (χ0) is 18.1. The maximum atomic E-state index is 14.0. The molecule has 1 heterocycles. The Kier molecular flexibility index (Phi) is 4.99. The summed E-state index contributed by atoms with van der Waals surface area (Å²) in [5, 5.41) is 0. The van der Waals surface area contributed by atoms with E-state index >= 15 is 0 Å². The number of piperazine rings is 1. The molecule has 3 rings (SSSR count). The highest BCUT2D eigenvalue weighted by molar-refractivity contribution is 7.80. The number of rotatable bonds is 2. The van der Waals surface area contributed by atoms with Crippen LogP contribution in [0.1, 0.15) is 21.5 Å². The minimum absolute atomic E-state index is 0.159. The molecule has 2 aromatic carbocycles. The number of thiol groups is 1. The van der Waals surface area contributed by atoms with Crippen LogP contribution >= 0.6 is 12.6 Å². The van der Waals surface area contributed by atoms with E-state index in [1.54, 1.807) is 0 Å². The number of aryl methyl sites for hydroxylation is 2. The molecule has 25 heavy (non-hydrogen) atoms. The molecule has 0 unspecified atom stereocenters. The first-order valence-corrected chi connectivity index (χ1v) is 8.61. The number of carbonyl (C=O) groups is 1. The van der Waals surface area contributed by atoms with Gasteiger partial charge in [-0.3, -0.25) is 4.79 Å². The summed E-state index contributed by atoms with van der Waals surface area (Å²) in [6, 6.07) is 8.38. The summed E-state index contributed by atoms with van der Waals surface area (Å²) in [5.74, 6) is -2.35. The minimum Gasteiger partial charge on any atom is -0.368 e. The second-order valence-electron chi connectivity index (χ2n) is 6.35. The molecule has 0 radical (unpaired) electrons. The van der Waals surface area contributed by atoms with Gasteiger partial charge in [0.05, 0.1) is 0 Å². The van der Waals surface area contributed by atoms with E-state index in [2.05, 4.69) is 42.7 Å². The third kappa shape index (κ3) is 3.63. The molecule has 0 bridgehead atoms. The Morgan fingerprint density at radius 2 is 1.60 bits per heavy atom. The van der Waals surface area contributed by atoms with Crippen molar-refractivity contribution >= 4 is 24.2 Å². The standard InChI is InChI=1S/C19H20F2N2OS/c1-12-3-4-17(13(2)9-12)22-5-7-23(8-6-22)19(24)18-15(20)10-14(25)11-16(18)21/h3-4,9-11,25H,5-8H2,1-2H3. The molecule has 3 nitrogen and oxygen atoms in total. The summed E-state index contributed by atoms with van der Waals surface area (Å²) in [5.41, 5.74) is 3.02. The van der Waals surface area contributed by atoms with Gasteiger partial charge in [0.15, 0.2) is 0 Å². The number of nitrogens with zero attached hydrogens (tertiary/aromatic N) is 2. The van der Waals surface area contributed by atoms with Crippen LogP contribution in [0.5, 0.6) is 0 Å². The van der Waals surface area contributed by atoms with E-state index in [-0.39, 0.29) is 4.90 Å². The molecule has 0 spiro atoms. The van der Waals surface area contributed by atoms with Crippen molar-refractivity contribution in [1.29, 1.82) is 0 Å². The Balaban J connectivity index is 1.73. The van der Waals surface area contributed by atoms with Gasteiger partial charge in [0.25, 0.3) is 5.91 Å². The lowest BCUT2D eigenvalue weighted by Crippen LogP contribution is -2.49. The number of benzene rings is 2. The molecule has 1 fully saturated rings. The lowest BCUT2D eigenvalue weighted by atomic mass is 10.1. The molecule has 6 heteroatoms. The normalized spacial score (nSPS) is 14.8. The van der Waals surface area contributed by atoms with E-state index in [1.165, 1.54) is 16.0 Å². The number of hydrogen-bond acceptors (Lipinski definition) is 3. The lowest BCUT2D eigenvalue weighted by Gasteiger charge is -2.37. The van der Waals surface area contributed by atoms with Gasteiger partial charge in [-0.05, 0) is 37.6 Å². The largest absolute Gasteiger partial charge is 0.368 e. The average Bonchev–Trinajstić information content (AvgIpc) is 2.54. The fraction of sp³-hybridized carbons (Fsp3) is 0.316. The first kappa shape index (κ1) is 17.7. The number of amides is 1. The number of hydrogen-bond donors (Lipinski definition) is 1. The van der Waals surface area contributed by atoms with E-state index in [0.717, 1.165) is 17.8 Å². The Bertz CT molecular complexity index is 794. The van der Waals surface area contributed by atoms with E-state index in [9.17, 15) is 13.6 Å². The van der Waals surface area contributed by atoms with Gasteiger partial charge in [-0.25, -0.2) is 8.78 Å². The van der Waals surface area contributed by atoms with E-state index in [1.807, 2.05) is 6.92 Å². The molecule has 0 aliphatic carbocycles. The zero-order valence-electron chi connectivity index (χ0n) is 14.2. The lowest BCUT2D eigenvalue weighted by molar-refractivity contribution is 0.0736. The maximum Gasteiger partial charge on any atom is 0.259 e. The van der Waals surface area contributed by atoms with Crippen LogP contribution in [-0.4, -0.2) is 37.0 Å². The van der Waals surface area contributed by atoms with Gasteiger partial charge in [0.1, 0.15) is 17.2 Å². The monoisotopic (exact) mass is 362 g/mol. The molecule has 0 N–H and O–H groups in total. The SMILES string of the molecule is Cc1ccc(N2CCN(C(=O)c3c(F)cc(S)cc3F)CC2)c(C)c1. The minimum atomic E-state index is -0.869. The molecule has 1 saturated heterocycles. The van der Waals surface area contributed by atoms with Gasteiger partial charge in [0, 0.05) is 36.8 Å². The van der Waals surface area contributed by atoms with Crippen LogP contribution in [0.25, 0.3) is 0 Å². The van der Waals surface area contributed by atoms with Gasteiger partial charge in [-0.15, -0.1) is 12.6 Å².